The van der Waals surface area contributed by atoms with Crippen LogP contribution in [0.1, 0.15) is 24.9 Å². The summed E-state index contributed by atoms with van der Waals surface area (Å²) in [7, 11) is 1.46. The fourth-order valence-electron chi connectivity index (χ4n) is 4.64. The molecule has 2 aliphatic heterocycles. The third-order valence-corrected chi connectivity index (χ3v) is 6.26. The van der Waals surface area contributed by atoms with Crippen LogP contribution >= 0.6 is 0 Å². The van der Waals surface area contributed by atoms with E-state index in [1.807, 2.05) is 37.3 Å². The molecule has 0 saturated carbocycles. The van der Waals surface area contributed by atoms with E-state index >= 15 is 0 Å². The van der Waals surface area contributed by atoms with Gasteiger partial charge in [-0.2, -0.15) is 0 Å². The van der Waals surface area contributed by atoms with Crippen LogP contribution in [-0.4, -0.2) is 36.7 Å². The van der Waals surface area contributed by atoms with Gasteiger partial charge >= 0.3 is 0 Å². The van der Waals surface area contributed by atoms with Gasteiger partial charge in [-0.25, -0.2) is 9.96 Å². The van der Waals surface area contributed by atoms with Crippen LogP contribution in [0.5, 0.6) is 17.2 Å². The van der Waals surface area contributed by atoms with Gasteiger partial charge in [0, 0.05) is 5.56 Å². The number of phenols is 1. The number of methoxy groups -OCH3 is 1. The summed E-state index contributed by atoms with van der Waals surface area (Å²) in [6, 6.07) is 20.4. The number of amides is 2. The van der Waals surface area contributed by atoms with E-state index in [2.05, 4.69) is 0 Å². The van der Waals surface area contributed by atoms with Crippen molar-refractivity contribution < 1.29 is 29.0 Å². The summed E-state index contributed by atoms with van der Waals surface area (Å²) in [5.41, 5.74) is 1.55. The van der Waals surface area contributed by atoms with Gasteiger partial charge in [-0.15, -0.1) is 0 Å². The van der Waals surface area contributed by atoms with Gasteiger partial charge in [0.25, 0.3) is 5.91 Å². The third kappa shape index (κ3) is 3.85. The number of anilines is 2. The van der Waals surface area contributed by atoms with Crippen LogP contribution in [0, 0.1) is 5.92 Å². The lowest BCUT2D eigenvalue weighted by molar-refractivity contribution is -0.126. The molecule has 3 aromatic carbocycles. The first-order valence-electron chi connectivity index (χ1n) is 11.5. The molecule has 0 radical (unpaired) electrons. The van der Waals surface area contributed by atoms with E-state index in [1.54, 1.807) is 47.5 Å². The average molecular weight is 475 g/mol. The molecular formula is C27H26N2O6. The molecule has 3 aromatic rings. The number of nitrogens with zero attached hydrogens (tertiary/aromatic N) is 2. The zero-order valence-electron chi connectivity index (χ0n) is 19.5. The molecule has 2 amide bonds. The second-order valence-electron chi connectivity index (χ2n) is 8.41. The maximum Gasteiger partial charge on any atom is 0.266 e. The smallest absolute Gasteiger partial charge is 0.266 e. The first-order valence-corrected chi connectivity index (χ1v) is 11.5. The number of rotatable bonds is 7. The van der Waals surface area contributed by atoms with Gasteiger partial charge in [0.05, 0.1) is 25.1 Å². The highest BCUT2D eigenvalue weighted by atomic mass is 16.7. The van der Waals surface area contributed by atoms with E-state index in [4.69, 9.17) is 14.3 Å². The van der Waals surface area contributed by atoms with E-state index in [0.29, 0.717) is 29.3 Å². The predicted octanol–water partition coefficient (Wildman–Crippen LogP) is 4.24. The number of aromatic hydroxyl groups is 1. The third-order valence-electron chi connectivity index (χ3n) is 6.26. The van der Waals surface area contributed by atoms with Gasteiger partial charge in [0.2, 0.25) is 5.91 Å². The molecule has 1 N–H and O–H groups in total. The van der Waals surface area contributed by atoms with Crippen molar-refractivity contribution in [1.29, 1.82) is 0 Å². The second kappa shape index (κ2) is 9.31. The van der Waals surface area contributed by atoms with Crippen LogP contribution < -0.4 is 19.4 Å². The lowest BCUT2D eigenvalue weighted by Gasteiger charge is -2.29. The minimum atomic E-state index is -1.03. The summed E-state index contributed by atoms with van der Waals surface area (Å²) < 4.78 is 10.9. The summed E-state index contributed by atoms with van der Waals surface area (Å²) in [6.45, 7) is 2.60. The number of fused-ring (bicyclic) bond motifs is 1. The van der Waals surface area contributed by atoms with Gasteiger partial charge in [0.15, 0.2) is 17.6 Å². The molecular weight excluding hydrogens is 448 g/mol. The topological polar surface area (TPSA) is 88.5 Å². The first kappa shape index (κ1) is 22.7. The van der Waals surface area contributed by atoms with Crippen molar-refractivity contribution >= 4 is 23.2 Å². The molecule has 8 heteroatoms. The predicted molar refractivity (Wildman–Crippen MR) is 129 cm³/mol. The molecule has 0 spiro atoms. The van der Waals surface area contributed by atoms with Crippen molar-refractivity contribution in [2.24, 2.45) is 5.92 Å². The number of ether oxygens (including phenoxy) is 2. The van der Waals surface area contributed by atoms with Crippen molar-refractivity contribution in [3.05, 3.63) is 78.4 Å². The highest BCUT2D eigenvalue weighted by molar-refractivity contribution is 6.24. The fourth-order valence-corrected chi connectivity index (χ4v) is 4.64. The highest BCUT2D eigenvalue weighted by Gasteiger charge is 2.60. The number of hydrogen-bond acceptors (Lipinski definition) is 7. The van der Waals surface area contributed by atoms with Gasteiger partial charge in [0.1, 0.15) is 17.7 Å². The van der Waals surface area contributed by atoms with Crippen LogP contribution in [0.2, 0.25) is 0 Å². The molecule has 35 heavy (non-hydrogen) atoms. The number of hydrogen-bond donors (Lipinski definition) is 1. The number of para-hydroxylation sites is 2. The van der Waals surface area contributed by atoms with E-state index in [0.717, 1.165) is 11.3 Å². The SMILES string of the molecule is CCCOc1ccc(N2C(=O)[C@H]3[C@@H](ON(c4ccccc4)[C@H]3c3cccc(OC)c3O)C2=O)cc1. The van der Waals surface area contributed by atoms with Gasteiger partial charge in [-0.05, 0) is 48.9 Å². The van der Waals surface area contributed by atoms with Crippen molar-refractivity contribution in [2.75, 3.05) is 23.7 Å². The van der Waals surface area contributed by atoms with E-state index in [9.17, 15) is 14.7 Å². The highest BCUT2D eigenvalue weighted by Crippen LogP contribution is 2.50. The van der Waals surface area contributed by atoms with E-state index < -0.39 is 29.9 Å². The summed E-state index contributed by atoms with van der Waals surface area (Å²) in [5.74, 6) is -0.866. The van der Waals surface area contributed by atoms with Crippen molar-refractivity contribution in [2.45, 2.75) is 25.5 Å². The van der Waals surface area contributed by atoms with Gasteiger partial charge in [-0.3, -0.25) is 14.4 Å². The molecule has 0 aromatic heterocycles. The molecule has 2 aliphatic rings. The molecule has 0 unspecified atom stereocenters. The molecule has 2 saturated heterocycles. The molecule has 0 bridgehead atoms. The Hall–Kier alpha value is -4.04. The van der Waals surface area contributed by atoms with E-state index in [-0.39, 0.29) is 11.5 Å². The minimum absolute atomic E-state index is 0.0960. The number of carbonyl (C=O) groups is 2. The Balaban J connectivity index is 1.54. The lowest BCUT2D eigenvalue weighted by Crippen LogP contribution is -2.37. The normalized spacial score (nSPS) is 21.4. The summed E-state index contributed by atoms with van der Waals surface area (Å²) in [6.07, 6.45) is -0.156. The molecule has 5 rings (SSSR count). The van der Waals surface area contributed by atoms with E-state index in [1.165, 1.54) is 7.11 Å². The largest absolute Gasteiger partial charge is 0.504 e. The van der Waals surface area contributed by atoms with Crippen LogP contribution in [0.15, 0.2) is 72.8 Å². The zero-order valence-corrected chi connectivity index (χ0v) is 19.5. The molecule has 2 fully saturated rings. The average Bonchev–Trinajstić information content (AvgIpc) is 3.39. The Morgan fingerprint density at radius 1 is 0.914 bits per heavy atom. The maximum absolute atomic E-state index is 13.7. The number of hydroxylamine groups is 1. The minimum Gasteiger partial charge on any atom is -0.504 e. The fraction of sp³-hybridized carbons (Fsp3) is 0.259. The second-order valence-corrected chi connectivity index (χ2v) is 8.41. The van der Waals surface area contributed by atoms with Crippen LogP contribution in [0.4, 0.5) is 11.4 Å². The Bertz CT molecular complexity index is 1230. The first-order chi connectivity index (χ1) is 17.0. The lowest BCUT2D eigenvalue weighted by atomic mass is 9.90. The molecule has 8 nitrogen and oxygen atoms in total. The standard InChI is InChI=1S/C27H26N2O6/c1-3-16-34-19-14-12-17(13-15-19)28-26(31)22-23(20-10-7-11-21(33-2)24(20)30)29(35-25(22)27(28)32)18-8-5-4-6-9-18/h4-15,22-23,25,30H,3,16H2,1-2H3/t22-,23+,25-/m1/s1. The summed E-state index contributed by atoms with van der Waals surface area (Å²) in [4.78, 5) is 34.5. The number of benzene rings is 3. The summed E-state index contributed by atoms with van der Waals surface area (Å²) >= 11 is 0. The van der Waals surface area contributed by atoms with Crippen molar-refractivity contribution in [1.82, 2.24) is 0 Å². The number of phenolic OH excluding ortho intramolecular Hbond substituents is 1. The molecule has 3 atom stereocenters. The Kier molecular flexibility index (Phi) is 6.05. The molecule has 2 heterocycles. The van der Waals surface area contributed by atoms with Crippen LogP contribution in [0.3, 0.4) is 0 Å². The van der Waals surface area contributed by atoms with Crippen LogP contribution in [0.25, 0.3) is 0 Å². The maximum atomic E-state index is 13.7. The number of carbonyl (C=O) groups excluding carboxylic acids is 2. The molecule has 180 valence electrons. The molecule has 0 aliphatic carbocycles. The van der Waals surface area contributed by atoms with Crippen molar-refractivity contribution in [3.63, 3.8) is 0 Å². The zero-order chi connectivity index (χ0) is 24.5. The van der Waals surface area contributed by atoms with Gasteiger partial charge < -0.3 is 14.6 Å². The Morgan fingerprint density at radius 3 is 2.34 bits per heavy atom. The summed E-state index contributed by atoms with van der Waals surface area (Å²) in [5, 5.41) is 12.5. The quantitative estimate of drug-likeness (QED) is 0.513. The number of imide groups is 1. The van der Waals surface area contributed by atoms with Gasteiger partial charge in [-0.1, -0.05) is 37.3 Å². The Morgan fingerprint density at radius 2 is 1.66 bits per heavy atom. The van der Waals surface area contributed by atoms with Crippen molar-refractivity contribution in [3.8, 4) is 17.2 Å². The monoisotopic (exact) mass is 474 g/mol. The van der Waals surface area contributed by atoms with Crippen LogP contribution in [-0.2, 0) is 14.4 Å². The Labute approximate surface area is 203 Å².